The van der Waals surface area contributed by atoms with E-state index in [4.69, 9.17) is 9.84 Å². The molecule has 1 aliphatic rings. The number of aliphatic hydroxyl groups excluding tert-OH is 1. The Morgan fingerprint density at radius 1 is 1.32 bits per heavy atom. The van der Waals surface area contributed by atoms with Gasteiger partial charge in [-0.1, -0.05) is 13.8 Å². The first kappa shape index (κ1) is 18.4. The van der Waals surface area contributed by atoms with Crippen LogP contribution < -0.4 is 10.6 Å². The number of rotatable bonds is 9. The zero-order chi connectivity index (χ0) is 16.5. The monoisotopic (exact) mass is 313 g/mol. The zero-order valence-electron chi connectivity index (χ0n) is 13.6. The maximum atomic E-state index is 12.2. The highest BCUT2D eigenvalue weighted by Gasteiger charge is 2.31. The van der Waals surface area contributed by atoms with Crippen LogP contribution in [0.4, 0.5) is 4.79 Å². The molecule has 1 heterocycles. The lowest BCUT2D eigenvalue weighted by molar-refractivity contribution is -0.139. The Balaban J connectivity index is 3.06. The second kappa shape index (κ2) is 9.42. The molecule has 0 saturated carbocycles. The van der Waals surface area contributed by atoms with Gasteiger partial charge in [0.1, 0.15) is 0 Å². The van der Waals surface area contributed by atoms with E-state index >= 15 is 0 Å². The van der Waals surface area contributed by atoms with Crippen molar-refractivity contribution < 1.29 is 19.4 Å². The predicted octanol–water partition coefficient (Wildman–Crippen LogP) is 0.599. The van der Waals surface area contributed by atoms with E-state index in [9.17, 15) is 9.59 Å². The van der Waals surface area contributed by atoms with E-state index in [1.807, 2.05) is 18.7 Å². The second-order valence-corrected chi connectivity index (χ2v) is 5.17. The second-order valence-electron chi connectivity index (χ2n) is 5.17. The van der Waals surface area contributed by atoms with E-state index in [-0.39, 0.29) is 25.3 Å². The molecule has 1 atom stereocenters. The fourth-order valence-electron chi connectivity index (χ4n) is 2.54. The quantitative estimate of drug-likeness (QED) is 0.542. The van der Waals surface area contributed by atoms with Crippen LogP contribution in [0.3, 0.4) is 0 Å². The molecule has 0 saturated heterocycles. The molecule has 1 aliphatic heterocycles. The lowest BCUT2D eigenvalue weighted by atomic mass is 10.00. The topological polar surface area (TPSA) is 90.9 Å². The number of nitrogens with zero attached hydrogens (tertiary/aromatic N) is 1. The van der Waals surface area contributed by atoms with Crippen molar-refractivity contribution in [1.82, 2.24) is 15.5 Å². The smallest absolute Gasteiger partial charge is 0.337 e. The van der Waals surface area contributed by atoms with Crippen molar-refractivity contribution in [3.63, 3.8) is 0 Å². The zero-order valence-corrected chi connectivity index (χ0v) is 13.6. The molecule has 0 fully saturated rings. The van der Waals surface area contributed by atoms with Gasteiger partial charge in [-0.2, -0.15) is 0 Å². The van der Waals surface area contributed by atoms with E-state index in [2.05, 4.69) is 10.6 Å². The van der Waals surface area contributed by atoms with Crippen molar-refractivity contribution in [2.24, 2.45) is 0 Å². The van der Waals surface area contributed by atoms with Gasteiger partial charge in [0.15, 0.2) is 0 Å². The molecule has 7 heteroatoms. The van der Waals surface area contributed by atoms with Crippen LogP contribution in [-0.4, -0.2) is 60.9 Å². The van der Waals surface area contributed by atoms with Crippen molar-refractivity contribution in [1.29, 1.82) is 0 Å². The van der Waals surface area contributed by atoms with Gasteiger partial charge in [-0.25, -0.2) is 9.59 Å². The number of hydrogen-bond donors (Lipinski definition) is 3. The van der Waals surface area contributed by atoms with Crippen molar-refractivity contribution in [2.45, 2.75) is 39.7 Å². The van der Waals surface area contributed by atoms with Gasteiger partial charge in [-0.05, 0) is 26.3 Å². The van der Waals surface area contributed by atoms with Gasteiger partial charge in [0.25, 0.3) is 0 Å². The minimum absolute atomic E-state index is 0.0332. The number of urea groups is 1. The molecule has 0 aliphatic carbocycles. The van der Waals surface area contributed by atoms with Crippen LogP contribution >= 0.6 is 0 Å². The highest BCUT2D eigenvalue weighted by molar-refractivity contribution is 5.94. The summed E-state index contributed by atoms with van der Waals surface area (Å²) < 4.78 is 5.12. The summed E-state index contributed by atoms with van der Waals surface area (Å²) in [5.74, 6) is -0.405. The Morgan fingerprint density at radius 3 is 2.59 bits per heavy atom. The molecule has 0 radical (unpaired) electrons. The summed E-state index contributed by atoms with van der Waals surface area (Å²) in [6.45, 7) is 7.70. The van der Waals surface area contributed by atoms with Crippen molar-refractivity contribution in [3.8, 4) is 0 Å². The molecule has 7 nitrogen and oxygen atoms in total. The van der Waals surface area contributed by atoms with Crippen LogP contribution in [-0.2, 0) is 9.53 Å². The normalized spacial score (nSPS) is 18.2. The molecule has 0 aromatic heterocycles. The number of esters is 1. The number of aliphatic hydroxyl groups is 1. The Hall–Kier alpha value is -1.60. The van der Waals surface area contributed by atoms with Gasteiger partial charge in [-0.3, -0.25) is 4.90 Å². The highest BCUT2D eigenvalue weighted by atomic mass is 16.5. The summed E-state index contributed by atoms with van der Waals surface area (Å²) in [6, 6.07) is -0.657. The van der Waals surface area contributed by atoms with Gasteiger partial charge < -0.3 is 20.5 Å². The molecule has 2 amide bonds. The molecule has 3 N–H and O–H groups in total. The van der Waals surface area contributed by atoms with E-state index in [0.29, 0.717) is 30.8 Å². The van der Waals surface area contributed by atoms with Gasteiger partial charge in [-0.15, -0.1) is 0 Å². The van der Waals surface area contributed by atoms with Gasteiger partial charge in [0.05, 0.1) is 24.8 Å². The van der Waals surface area contributed by atoms with Crippen LogP contribution in [0.15, 0.2) is 11.3 Å². The number of hydrogen-bond acceptors (Lipinski definition) is 5. The van der Waals surface area contributed by atoms with E-state index in [1.54, 1.807) is 6.92 Å². The Morgan fingerprint density at radius 2 is 2.05 bits per heavy atom. The molecule has 126 valence electrons. The van der Waals surface area contributed by atoms with Gasteiger partial charge >= 0.3 is 12.0 Å². The standard InChI is InChI=1S/C15H27N3O4/c1-4-7-18(8-9-19)10-12-13(14(20)22-6-3)11(5-2)16-15(21)17-12/h11,19H,4-10H2,1-3H3,(H2,16,17,21)/t11-/m1/s1. The third kappa shape index (κ3) is 4.99. The summed E-state index contributed by atoms with van der Waals surface area (Å²) >= 11 is 0. The molecule has 1 rings (SSSR count). The molecule has 0 bridgehead atoms. The lowest BCUT2D eigenvalue weighted by Gasteiger charge is -2.31. The lowest BCUT2D eigenvalue weighted by Crippen LogP contribution is -2.52. The number of nitrogens with one attached hydrogen (secondary N) is 2. The minimum Gasteiger partial charge on any atom is -0.463 e. The molecule has 0 unspecified atom stereocenters. The third-order valence-electron chi connectivity index (χ3n) is 3.48. The first-order valence-corrected chi connectivity index (χ1v) is 7.88. The van der Waals surface area contributed by atoms with E-state index in [0.717, 1.165) is 13.0 Å². The van der Waals surface area contributed by atoms with E-state index in [1.165, 1.54) is 0 Å². The number of carbonyl (C=O) groups is 2. The van der Waals surface area contributed by atoms with Crippen LogP contribution in [0, 0.1) is 0 Å². The van der Waals surface area contributed by atoms with E-state index < -0.39 is 5.97 Å². The first-order chi connectivity index (χ1) is 10.6. The largest absolute Gasteiger partial charge is 0.463 e. The molecule has 22 heavy (non-hydrogen) atoms. The molecule has 0 aromatic carbocycles. The Bertz CT molecular complexity index is 417. The Labute approximate surface area is 131 Å². The molecule has 0 spiro atoms. The average molecular weight is 313 g/mol. The molecule has 0 aromatic rings. The summed E-state index contributed by atoms with van der Waals surface area (Å²) in [7, 11) is 0. The maximum absolute atomic E-state index is 12.2. The highest BCUT2D eigenvalue weighted by Crippen LogP contribution is 2.18. The average Bonchev–Trinajstić information content (AvgIpc) is 2.47. The SMILES string of the molecule is CCCN(CCO)CC1=C(C(=O)OCC)[C@@H](CC)NC(=O)N1. The molecular formula is C15H27N3O4. The maximum Gasteiger partial charge on any atom is 0.337 e. The fraction of sp³-hybridized carbons (Fsp3) is 0.733. The predicted molar refractivity (Wildman–Crippen MR) is 83.2 cm³/mol. The fourth-order valence-corrected chi connectivity index (χ4v) is 2.54. The Kier molecular flexibility index (Phi) is 7.90. The van der Waals surface area contributed by atoms with Crippen molar-refractivity contribution >= 4 is 12.0 Å². The van der Waals surface area contributed by atoms with Crippen LogP contribution in [0.2, 0.25) is 0 Å². The summed E-state index contributed by atoms with van der Waals surface area (Å²) in [5, 5.41) is 14.6. The van der Waals surface area contributed by atoms with Gasteiger partial charge in [0.2, 0.25) is 0 Å². The third-order valence-corrected chi connectivity index (χ3v) is 3.48. The number of carbonyl (C=O) groups excluding carboxylic acids is 2. The molecular weight excluding hydrogens is 286 g/mol. The summed E-state index contributed by atoms with van der Waals surface area (Å²) in [4.78, 5) is 26.0. The van der Waals surface area contributed by atoms with Crippen LogP contribution in [0.5, 0.6) is 0 Å². The van der Waals surface area contributed by atoms with Crippen molar-refractivity contribution in [2.75, 3.05) is 32.8 Å². The van der Waals surface area contributed by atoms with Crippen molar-refractivity contribution in [3.05, 3.63) is 11.3 Å². The van der Waals surface area contributed by atoms with Gasteiger partial charge in [0, 0.05) is 18.8 Å². The number of amides is 2. The minimum atomic E-state index is -0.405. The first-order valence-electron chi connectivity index (χ1n) is 7.88. The van der Waals surface area contributed by atoms with Crippen LogP contribution in [0.1, 0.15) is 33.6 Å². The summed E-state index contributed by atoms with van der Waals surface area (Å²) in [5.41, 5.74) is 1.04. The summed E-state index contributed by atoms with van der Waals surface area (Å²) in [6.07, 6.45) is 1.53. The van der Waals surface area contributed by atoms with Crippen LogP contribution in [0.25, 0.3) is 0 Å². The number of ether oxygens (including phenoxy) is 1.